The third-order valence-electron chi connectivity index (χ3n) is 4.81. The Balaban J connectivity index is 1.84. The van der Waals surface area contributed by atoms with E-state index in [0.717, 1.165) is 16.7 Å². The number of carbonyl (C=O) groups is 1. The van der Waals surface area contributed by atoms with Crippen LogP contribution in [0.15, 0.2) is 52.2 Å². The Morgan fingerprint density at radius 1 is 1.22 bits per heavy atom. The van der Waals surface area contributed by atoms with Crippen LogP contribution in [-0.2, 0) is 20.9 Å². The molecule has 3 heterocycles. The van der Waals surface area contributed by atoms with E-state index in [0.29, 0.717) is 11.6 Å². The van der Waals surface area contributed by atoms with Gasteiger partial charge in [-0.05, 0) is 43.7 Å². The van der Waals surface area contributed by atoms with E-state index in [2.05, 4.69) is 25.1 Å². The minimum atomic E-state index is -4.88. The summed E-state index contributed by atoms with van der Waals surface area (Å²) in [4.78, 5) is 16.0. The van der Waals surface area contributed by atoms with Crippen LogP contribution in [0.25, 0.3) is 17.3 Å². The van der Waals surface area contributed by atoms with Gasteiger partial charge in [0.2, 0.25) is 5.82 Å². The normalized spacial score (nSPS) is 11.9. The number of nitrogens with one attached hydrogen (secondary N) is 1. The van der Waals surface area contributed by atoms with Crippen LogP contribution >= 0.6 is 11.6 Å². The van der Waals surface area contributed by atoms with Gasteiger partial charge in [-0.3, -0.25) is 9.71 Å². The van der Waals surface area contributed by atoms with Crippen molar-refractivity contribution in [2.24, 2.45) is 0 Å². The third kappa shape index (κ3) is 5.27. The number of esters is 1. The first kappa shape index (κ1) is 26.1. The van der Waals surface area contributed by atoms with Crippen molar-refractivity contribution in [1.29, 1.82) is 0 Å². The molecule has 0 aliphatic rings. The molecular weight excluding hydrogens is 541 g/mol. The van der Waals surface area contributed by atoms with Crippen molar-refractivity contribution < 1.29 is 35.6 Å². The van der Waals surface area contributed by atoms with Crippen molar-refractivity contribution in [3.63, 3.8) is 0 Å². The fourth-order valence-corrected chi connectivity index (χ4v) is 4.53. The lowest BCUT2D eigenvalue weighted by atomic mass is 10.2. The number of sulfonamides is 1. The smallest absolute Gasteiger partial charge is 0.417 e. The molecule has 4 rings (SSSR count). The van der Waals surface area contributed by atoms with Gasteiger partial charge >= 0.3 is 12.1 Å². The van der Waals surface area contributed by atoms with Crippen LogP contribution in [0.2, 0.25) is 5.02 Å². The molecule has 1 aromatic carbocycles. The zero-order valence-corrected chi connectivity index (χ0v) is 20.5. The van der Waals surface area contributed by atoms with Crippen LogP contribution in [0, 0.1) is 6.92 Å². The predicted molar refractivity (Wildman–Crippen MR) is 123 cm³/mol. The summed E-state index contributed by atoms with van der Waals surface area (Å²) in [7, 11) is -4.58. The SMILES string of the molecule is CCOC(=O)c1nnc(-c2ncc(C)cc2NS(=O)(=O)c2ccc(Cl)c(C(F)(F)F)c2)n1-c1ccon1. The Bertz CT molecular complexity index is 1570. The minimum Gasteiger partial charge on any atom is -0.460 e. The summed E-state index contributed by atoms with van der Waals surface area (Å²) in [5.41, 5.74) is -1.07. The van der Waals surface area contributed by atoms with Gasteiger partial charge in [0.25, 0.3) is 10.0 Å². The number of hydrogen-bond acceptors (Lipinski definition) is 9. The van der Waals surface area contributed by atoms with Crippen LogP contribution in [-0.4, -0.2) is 45.9 Å². The van der Waals surface area contributed by atoms with Crippen molar-refractivity contribution in [3.05, 3.63) is 64.8 Å². The number of ether oxygens (including phenoxy) is 1. The molecule has 0 spiro atoms. The Kier molecular flexibility index (Phi) is 6.92. The molecule has 0 aliphatic heterocycles. The lowest BCUT2D eigenvalue weighted by Crippen LogP contribution is -2.17. The lowest BCUT2D eigenvalue weighted by molar-refractivity contribution is -0.137. The maximum atomic E-state index is 13.3. The molecule has 0 amide bonds. The van der Waals surface area contributed by atoms with Crippen molar-refractivity contribution >= 4 is 33.3 Å². The largest absolute Gasteiger partial charge is 0.460 e. The Labute approximate surface area is 212 Å². The molecule has 194 valence electrons. The average Bonchev–Trinajstić information content (AvgIpc) is 3.48. The molecule has 0 atom stereocenters. The van der Waals surface area contributed by atoms with Gasteiger partial charge in [-0.1, -0.05) is 16.8 Å². The Hall–Kier alpha value is -3.98. The van der Waals surface area contributed by atoms with Gasteiger partial charge in [0.05, 0.1) is 27.8 Å². The van der Waals surface area contributed by atoms with E-state index in [1.54, 1.807) is 13.8 Å². The number of hydrogen-bond donors (Lipinski definition) is 1. The highest BCUT2D eigenvalue weighted by Crippen LogP contribution is 2.37. The Morgan fingerprint density at radius 2 is 1.97 bits per heavy atom. The number of pyridine rings is 1. The molecule has 11 nitrogen and oxygen atoms in total. The van der Waals surface area contributed by atoms with Crippen LogP contribution in [0.1, 0.15) is 28.7 Å². The van der Waals surface area contributed by atoms with Gasteiger partial charge in [0.1, 0.15) is 12.0 Å². The van der Waals surface area contributed by atoms with Crippen LogP contribution in [0.3, 0.4) is 0 Å². The highest BCUT2D eigenvalue weighted by molar-refractivity contribution is 7.92. The molecule has 0 unspecified atom stereocenters. The van der Waals surface area contributed by atoms with Crippen molar-refractivity contribution in [2.45, 2.75) is 24.9 Å². The highest BCUT2D eigenvalue weighted by atomic mass is 35.5. The zero-order chi connectivity index (χ0) is 27.0. The topological polar surface area (TPSA) is 142 Å². The number of nitrogens with zero attached hydrogens (tertiary/aromatic N) is 5. The van der Waals surface area contributed by atoms with Crippen molar-refractivity contribution in [1.82, 2.24) is 24.9 Å². The quantitative estimate of drug-likeness (QED) is 0.330. The van der Waals surface area contributed by atoms with Gasteiger partial charge in [0.15, 0.2) is 11.6 Å². The fraction of sp³-hybridized carbons (Fsp3) is 0.190. The Morgan fingerprint density at radius 3 is 2.62 bits per heavy atom. The lowest BCUT2D eigenvalue weighted by Gasteiger charge is -2.15. The summed E-state index contributed by atoms with van der Waals surface area (Å²) in [6, 6.07) is 4.96. The second-order valence-corrected chi connectivity index (χ2v) is 9.50. The summed E-state index contributed by atoms with van der Waals surface area (Å²) >= 11 is 5.62. The molecule has 0 fully saturated rings. The first-order valence-electron chi connectivity index (χ1n) is 10.3. The van der Waals surface area contributed by atoms with E-state index < -0.39 is 37.7 Å². The number of alkyl halides is 3. The molecule has 0 saturated carbocycles. The van der Waals surface area contributed by atoms with Crippen LogP contribution < -0.4 is 4.72 Å². The van der Waals surface area contributed by atoms with Crippen molar-refractivity contribution in [3.8, 4) is 17.3 Å². The second-order valence-electron chi connectivity index (χ2n) is 7.41. The van der Waals surface area contributed by atoms with E-state index in [1.165, 1.54) is 24.6 Å². The van der Waals surface area contributed by atoms with Gasteiger partial charge in [-0.25, -0.2) is 17.8 Å². The molecule has 0 saturated heterocycles. The average molecular weight is 557 g/mol. The summed E-state index contributed by atoms with van der Waals surface area (Å²) in [5, 5.41) is 10.9. The summed E-state index contributed by atoms with van der Waals surface area (Å²) < 4.78 is 79.3. The number of aryl methyl sites for hydroxylation is 1. The number of carbonyl (C=O) groups excluding carboxylic acids is 1. The molecular formula is C21H16ClF3N6O5S. The van der Waals surface area contributed by atoms with Gasteiger partial charge in [-0.15, -0.1) is 10.2 Å². The number of rotatable bonds is 7. The van der Waals surface area contributed by atoms with E-state index in [1.807, 2.05) is 0 Å². The van der Waals surface area contributed by atoms with E-state index in [9.17, 15) is 26.4 Å². The molecule has 0 radical (unpaired) electrons. The fourth-order valence-electron chi connectivity index (χ4n) is 3.22. The molecule has 4 aromatic rings. The van der Waals surface area contributed by atoms with Crippen LogP contribution in [0.4, 0.5) is 18.9 Å². The minimum absolute atomic E-state index is 0.0364. The van der Waals surface area contributed by atoms with Gasteiger partial charge < -0.3 is 9.26 Å². The number of benzene rings is 1. The van der Waals surface area contributed by atoms with Gasteiger partial charge in [0, 0.05) is 12.3 Å². The maximum Gasteiger partial charge on any atom is 0.417 e. The van der Waals surface area contributed by atoms with Gasteiger partial charge in [-0.2, -0.15) is 13.2 Å². The first-order valence-corrected chi connectivity index (χ1v) is 12.2. The predicted octanol–water partition coefficient (Wildman–Crippen LogP) is 4.28. The van der Waals surface area contributed by atoms with Crippen LogP contribution in [0.5, 0.6) is 0 Å². The monoisotopic (exact) mass is 556 g/mol. The van der Waals surface area contributed by atoms with Crippen molar-refractivity contribution in [2.75, 3.05) is 11.3 Å². The number of halogens is 4. The molecule has 37 heavy (non-hydrogen) atoms. The number of anilines is 1. The molecule has 1 N–H and O–H groups in total. The van der Waals surface area contributed by atoms with E-state index in [4.69, 9.17) is 20.9 Å². The summed E-state index contributed by atoms with van der Waals surface area (Å²) in [5.74, 6) is -1.21. The highest BCUT2D eigenvalue weighted by Gasteiger charge is 2.35. The number of aromatic nitrogens is 5. The third-order valence-corrected chi connectivity index (χ3v) is 6.50. The standard InChI is InChI=1S/C21H16ClF3N6O5S/c1-3-35-20(32)19-28-27-18(31(19)16-6-7-36-29-16)17-15(8-11(2)10-26-17)30-37(33,34)12-4-5-14(22)13(9-12)21(23,24)25/h4-10,30H,3H2,1-2H3. The zero-order valence-electron chi connectivity index (χ0n) is 18.9. The summed E-state index contributed by atoms with van der Waals surface area (Å²) in [6.07, 6.45) is -2.27. The molecule has 0 aliphatic carbocycles. The van der Waals surface area contributed by atoms with E-state index in [-0.39, 0.29) is 35.5 Å². The molecule has 3 aromatic heterocycles. The summed E-state index contributed by atoms with van der Waals surface area (Å²) in [6.45, 7) is 3.24. The van der Waals surface area contributed by atoms with E-state index >= 15 is 0 Å². The molecule has 16 heteroatoms. The first-order chi connectivity index (χ1) is 17.4. The maximum absolute atomic E-state index is 13.3. The molecule has 0 bridgehead atoms. The second kappa shape index (κ2) is 9.82.